The van der Waals surface area contributed by atoms with Gasteiger partial charge in [-0.1, -0.05) is 26.0 Å². The number of rotatable bonds is 7. The molecule has 0 spiro atoms. The Bertz CT molecular complexity index is 638. The van der Waals surface area contributed by atoms with Crippen LogP contribution in [0.25, 0.3) is 5.69 Å². The van der Waals surface area contributed by atoms with Crippen molar-refractivity contribution in [2.75, 3.05) is 13.2 Å². The van der Waals surface area contributed by atoms with Crippen molar-refractivity contribution in [1.29, 1.82) is 0 Å². The van der Waals surface area contributed by atoms with Crippen LogP contribution in [-0.4, -0.2) is 39.1 Å². The molecule has 24 heavy (non-hydrogen) atoms. The van der Waals surface area contributed by atoms with Crippen LogP contribution in [-0.2, 0) is 0 Å². The number of aliphatic hydroxyl groups is 1. The molecule has 1 heterocycles. The van der Waals surface area contributed by atoms with Crippen molar-refractivity contribution in [3.63, 3.8) is 0 Å². The maximum absolute atomic E-state index is 12.0. The summed E-state index contributed by atoms with van der Waals surface area (Å²) in [4.78, 5) is 15.9. The molecule has 1 aromatic heterocycles. The first-order valence-electron chi connectivity index (χ1n) is 8.01. The van der Waals surface area contributed by atoms with E-state index in [4.69, 9.17) is 5.11 Å². The second-order valence-electron chi connectivity index (χ2n) is 6.62. The number of carbonyl (C=O) groups excluding carboxylic acids is 1. The Morgan fingerprint density at radius 1 is 1.33 bits per heavy atom. The Balaban J connectivity index is 1.87. The third-order valence-corrected chi connectivity index (χ3v) is 3.94. The van der Waals surface area contributed by atoms with Crippen LogP contribution < -0.4 is 10.6 Å². The van der Waals surface area contributed by atoms with E-state index in [9.17, 15) is 4.79 Å². The summed E-state index contributed by atoms with van der Waals surface area (Å²) in [7, 11) is 0. The third kappa shape index (κ3) is 5.06. The van der Waals surface area contributed by atoms with Gasteiger partial charge in [0.1, 0.15) is 12.7 Å². The zero-order valence-electron chi connectivity index (χ0n) is 14.4. The van der Waals surface area contributed by atoms with Crippen molar-refractivity contribution >= 4 is 6.03 Å². The van der Waals surface area contributed by atoms with E-state index >= 15 is 0 Å². The number of nitrogens with one attached hydrogen (secondary N) is 2. The number of urea groups is 1. The van der Waals surface area contributed by atoms with E-state index < -0.39 is 0 Å². The summed E-state index contributed by atoms with van der Waals surface area (Å²) in [6.07, 6.45) is 3.77. The van der Waals surface area contributed by atoms with Gasteiger partial charge < -0.3 is 15.7 Å². The lowest BCUT2D eigenvalue weighted by atomic mass is 9.90. The fourth-order valence-electron chi connectivity index (χ4n) is 2.30. The van der Waals surface area contributed by atoms with Crippen LogP contribution in [0.1, 0.15) is 38.8 Å². The Morgan fingerprint density at radius 2 is 2.04 bits per heavy atom. The monoisotopic (exact) mass is 331 g/mol. The molecule has 2 amide bonds. The lowest BCUT2D eigenvalue weighted by Gasteiger charge is -2.24. The minimum Gasteiger partial charge on any atom is -0.396 e. The molecule has 1 unspecified atom stereocenters. The first-order chi connectivity index (χ1) is 11.4. The molecule has 7 nitrogen and oxygen atoms in total. The Morgan fingerprint density at radius 3 is 2.62 bits per heavy atom. The Hall–Kier alpha value is -2.41. The van der Waals surface area contributed by atoms with Gasteiger partial charge in [-0.2, -0.15) is 5.10 Å². The number of carbonyl (C=O) groups is 1. The molecular weight excluding hydrogens is 306 g/mol. The quantitative estimate of drug-likeness (QED) is 0.724. The molecule has 3 N–H and O–H groups in total. The van der Waals surface area contributed by atoms with Crippen LogP contribution in [0.2, 0.25) is 0 Å². The molecule has 0 aliphatic heterocycles. The molecule has 0 fully saturated rings. The SMILES string of the molecule is CC(NC(=O)NCC(C)(C)CCO)c1ccc(-n2cncn2)cc1. The fourth-order valence-corrected chi connectivity index (χ4v) is 2.30. The molecule has 7 heteroatoms. The van der Waals surface area contributed by atoms with Gasteiger partial charge >= 0.3 is 6.03 Å². The number of amides is 2. The van der Waals surface area contributed by atoms with Gasteiger partial charge in [0.2, 0.25) is 0 Å². The highest BCUT2D eigenvalue weighted by Gasteiger charge is 2.18. The largest absolute Gasteiger partial charge is 0.396 e. The third-order valence-electron chi connectivity index (χ3n) is 3.94. The number of aromatic nitrogens is 3. The summed E-state index contributed by atoms with van der Waals surface area (Å²) in [6, 6.07) is 7.45. The number of nitrogens with zero attached hydrogens (tertiary/aromatic N) is 3. The molecule has 0 bridgehead atoms. The number of aliphatic hydroxyl groups excluding tert-OH is 1. The summed E-state index contributed by atoms with van der Waals surface area (Å²) < 4.78 is 1.68. The Kier molecular flexibility index (Phi) is 5.92. The van der Waals surface area contributed by atoms with Crippen LogP contribution in [0.3, 0.4) is 0 Å². The van der Waals surface area contributed by atoms with Gasteiger partial charge in [0, 0.05) is 13.2 Å². The highest BCUT2D eigenvalue weighted by atomic mass is 16.3. The zero-order valence-corrected chi connectivity index (χ0v) is 14.4. The summed E-state index contributed by atoms with van der Waals surface area (Å²) in [5.74, 6) is 0. The van der Waals surface area contributed by atoms with Gasteiger partial charge in [0.15, 0.2) is 0 Å². The van der Waals surface area contributed by atoms with Gasteiger partial charge in [-0.15, -0.1) is 0 Å². The molecule has 130 valence electrons. The normalized spacial score (nSPS) is 12.7. The maximum Gasteiger partial charge on any atom is 0.315 e. The predicted octanol–water partition coefficient (Wildman–Crippen LogP) is 2.04. The van der Waals surface area contributed by atoms with Crippen molar-refractivity contribution in [1.82, 2.24) is 25.4 Å². The lowest BCUT2D eigenvalue weighted by molar-refractivity contribution is 0.200. The van der Waals surface area contributed by atoms with Gasteiger partial charge in [-0.25, -0.2) is 14.5 Å². The maximum atomic E-state index is 12.0. The molecule has 1 atom stereocenters. The minimum atomic E-state index is -0.214. The number of hydrogen-bond donors (Lipinski definition) is 3. The molecule has 1 aromatic carbocycles. The molecular formula is C17H25N5O2. The second kappa shape index (κ2) is 7.92. The van der Waals surface area contributed by atoms with Crippen molar-refractivity contribution < 1.29 is 9.90 Å². The van der Waals surface area contributed by atoms with E-state index in [0.717, 1.165) is 11.3 Å². The molecule has 0 aliphatic carbocycles. The van der Waals surface area contributed by atoms with Gasteiger partial charge in [0.05, 0.1) is 11.7 Å². The van der Waals surface area contributed by atoms with Crippen molar-refractivity contribution in [3.05, 3.63) is 42.5 Å². The zero-order chi connectivity index (χ0) is 17.6. The van der Waals surface area contributed by atoms with E-state index in [1.807, 2.05) is 45.0 Å². The topological polar surface area (TPSA) is 92.1 Å². The molecule has 2 aromatic rings. The summed E-state index contributed by atoms with van der Waals surface area (Å²) in [5.41, 5.74) is 1.79. The van der Waals surface area contributed by atoms with Crippen LogP contribution in [0.5, 0.6) is 0 Å². The van der Waals surface area contributed by atoms with Crippen LogP contribution in [0.4, 0.5) is 4.79 Å². The highest BCUT2D eigenvalue weighted by molar-refractivity contribution is 5.74. The van der Waals surface area contributed by atoms with Crippen molar-refractivity contribution in [3.8, 4) is 5.69 Å². The molecule has 0 radical (unpaired) electrons. The van der Waals surface area contributed by atoms with E-state index in [1.54, 1.807) is 11.0 Å². The van der Waals surface area contributed by atoms with E-state index in [1.165, 1.54) is 6.33 Å². The van der Waals surface area contributed by atoms with Crippen LogP contribution in [0.15, 0.2) is 36.9 Å². The molecule has 0 aliphatic rings. The summed E-state index contributed by atoms with van der Waals surface area (Å²) in [6.45, 7) is 6.58. The minimum absolute atomic E-state index is 0.115. The summed E-state index contributed by atoms with van der Waals surface area (Å²) >= 11 is 0. The first kappa shape index (κ1) is 17.9. The van der Waals surface area contributed by atoms with E-state index in [2.05, 4.69) is 20.7 Å². The van der Waals surface area contributed by atoms with E-state index in [-0.39, 0.29) is 24.1 Å². The molecule has 0 saturated carbocycles. The van der Waals surface area contributed by atoms with Gasteiger partial charge in [0.25, 0.3) is 0 Å². The van der Waals surface area contributed by atoms with Crippen molar-refractivity contribution in [2.45, 2.75) is 33.2 Å². The highest BCUT2D eigenvalue weighted by Crippen LogP contribution is 2.18. The first-order valence-corrected chi connectivity index (χ1v) is 8.01. The number of hydrogen-bond acceptors (Lipinski definition) is 4. The molecule has 0 saturated heterocycles. The van der Waals surface area contributed by atoms with E-state index in [0.29, 0.717) is 13.0 Å². The fraction of sp³-hybridized carbons (Fsp3) is 0.471. The van der Waals surface area contributed by atoms with Crippen molar-refractivity contribution in [2.24, 2.45) is 5.41 Å². The smallest absolute Gasteiger partial charge is 0.315 e. The lowest BCUT2D eigenvalue weighted by Crippen LogP contribution is -2.41. The van der Waals surface area contributed by atoms with Crippen LogP contribution in [0, 0.1) is 5.41 Å². The summed E-state index contributed by atoms with van der Waals surface area (Å²) in [5, 5.41) is 18.9. The predicted molar refractivity (Wildman–Crippen MR) is 91.8 cm³/mol. The number of benzene rings is 1. The standard InChI is InChI=1S/C17H25N5O2/c1-13(21-16(24)19-10-17(2,3)8-9-23)14-4-6-15(7-5-14)22-12-18-11-20-22/h4-7,11-13,23H,8-10H2,1-3H3,(H2,19,21,24). The Labute approximate surface area is 142 Å². The second-order valence-corrected chi connectivity index (χ2v) is 6.62. The van der Waals surface area contributed by atoms with Gasteiger partial charge in [-0.05, 0) is 36.5 Å². The van der Waals surface area contributed by atoms with Crippen LogP contribution >= 0.6 is 0 Å². The average Bonchev–Trinajstić information content (AvgIpc) is 3.07. The van der Waals surface area contributed by atoms with Gasteiger partial charge in [-0.3, -0.25) is 0 Å². The average molecular weight is 331 g/mol. The molecule has 2 rings (SSSR count).